The number of amides is 1. The quantitative estimate of drug-likeness (QED) is 0.648. The summed E-state index contributed by atoms with van der Waals surface area (Å²) in [6, 6.07) is 7.11. The van der Waals surface area contributed by atoms with Crippen LogP contribution in [0.15, 0.2) is 18.2 Å². The third kappa shape index (κ3) is 3.17. The minimum atomic E-state index is -0.0246. The van der Waals surface area contributed by atoms with Gasteiger partial charge in [-0.25, -0.2) is 0 Å². The highest BCUT2D eigenvalue weighted by Crippen LogP contribution is 2.16. The van der Waals surface area contributed by atoms with E-state index < -0.39 is 0 Å². The predicted octanol–water partition coefficient (Wildman–Crippen LogP) is 0.688. The molecule has 0 aliphatic carbocycles. The van der Waals surface area contributed by atoms with Crippen LogP contribution in [0.1, 0.15) is 12.0 Å². The van der Waals surface area contributed by atoms with Crippen LogP contribution in [0.25, 0.3) is 0 Å². The topological polar surface area (TPSA) is 90.9 Å². The molecule has 0 atom stereocenters. The fourth-order valence-electron chi connectivity index (χ4n) is 1.21. The van der Waals surface area contributed by atoms with Gasteiger partial charge in [0.1, 0.15) is 6.07 Å². The summed E-state index contributed by atoms with van der Waals surface area (Å²) in [5, 5.41) is 14.3. The van der Waals surface area contributed by atoms with Crippen molar-refractivity contribution in [3.05, 3.63) is 23.8 Å². The first-order chi connectivity index (χ1) is 7.67. The maximum Gasteiger partial charge on any atom is 0.221 e. The number of benzene rings is 1. The second-order valence-corrected chi connectivity index (χ2v) is 3.26. The maximum atomic E-state index is 11.0. The summed E-state index contributed by atoms with van der Waals surface area (Å²) in [6.07, 6.45) is 0.392. The average molecular weight is 218 g/mol. The van der Waals surface area contributed by atoms with Crippen LogP contribution in [0, 0.1) is 11.3 Å². The van der Waals surface area contributed by atoms with Gasteiger partial charge in [0.25, 0.3) is 0 Å². The van der Waals surface area contributed by atoms with Gasteiger partial charge in [-0.1, -0.05) is 0 Å². The van der Waals surface area contributed by atoms with Crippen LogP contribution in [0.2, 0.25) is 0 Å². The van der Waals surface area contributed by atoms with Gasteiger partial charge in [0.05, 0.1) is 5.56 Å². The van der Waals surface area contributed by atoms with Gasteiger partial charge in [-0.15, -0.1) is 0 Å². The summed E-state index contributed by atoms with van der Waals surface area (Å²) in [7, 11) is 1.60. The number of nitrogen functional groups attached to an aromatic ring is 1. The SMILES string of the molecule is CNC(=O)CCNc1ccc(N)c(C#N)c1. The van der Waals surface area contributed by atoms with E-state index >= 15 is 0 Å². The van der Waals surface area contributed by atoms with Crippen LogP contribution in [-0.4, -0.2) is 19.5 Å². The zero-order chi connectivity index (χ0) is 12.0. The first-order valence-corrected chi connectivity index (χ1v) is 4.91. The van der Waals surface area contributed by atoms with Crippen molar-refractivity contribution in [3.8, 4) is 6.07 Å². The number of nitrogens with zero attached hydrogens (tertiary/aromatic N) is 1. The molecule has 0 heterocycles. The van der Waals surface area contributed by atoms with E-state index in [1.165, 1.54) is 0 Å². The number of carbonyl (C=O) groups is 1. The van der Waals surface area contributed by atoms with E-state index in [9.17, 15) is 4.79 Å². The van der Waals surface area contributed by atoms with Gasteiger partial charge >= 0.3 is 0 Å². The number of hydrogen-bond acceptors (Lipinski definition) is 4. The average Bonchev–Trinajstić information content (AvgIpc) is 2.31. The zero-order valence-electron chi connectivity index (χ0n) is 9.08. The molecule has 0 radical (unpaired) electrons. The lowest BCUT2D eigenvalue weighted by atomic mass is 10.2. The van der Waals surface area contributed by atoms with Crippen molar-refractivity contribution < 1.29 is 4.79 Å². The molecule has 0 fully saturated rings. The molecule has 5 nitrogen and oxygen atoms in total. The normalized spacial score (nSPS) is 9.25. The van der Waals surface area contributed by atoms with Crippen molar-refractivity contribution in [1.29, 1.82) is 5.26 Å². The van der Waals surface area contributed by atoms with Crippen molar-refractivity contribution in [2.45, 2.75) is 6.42 Å². The minimum Gasteiger partial charge on any atom is -0.398 e. The summed E-state index contributed by atoms with van der Waals surface area (Å²) in [4.78, 5) is 11.0. The molecule has 0 saturated heterocycles. The van der Waals surface area contributed by atoms with E-state index in [2.05, 4.69) is 10.6 Å². The second-order valence-electron chi connectivity index (χ2n) is 3.26. The third-order valence-corrected chi connectivity index (χ3v) is 2.13. The van der Waals surface area contributed by atoms with E-state index in [0.717, 1.165) is 5.69 Å². The first-order valence-electron chi connectivity index (χ1n) is 4.91. The Labute approximate surface area is 94.2 Å². The van der Waals surface area contributed by atoms with E-state index in [-0.39, 0.29) is 5.91 Å². The van der Waals surface area contributed by atoms with Crippen LogP contribution in [0.3, 0.4) is 0 Å². The lowest BCUT2D eigenvalue weighted by Crippen LogP contribution is -2.20. The van der Waals surface area contributed by atoms with Crippen molar-refractivity contribution in [3.63, 3.8) is 0 Å². The number of nitrogens with one attached hydrogen (secondary N) is 2. The third-order valence-electron chi connectivity index (χ3n) is 2.13. The fraction of sp³-hybridized carbons (Fsp3) is 0.273. The first kappa shape index (κ1) is 11.9. The Hall–Kier alpha value is -2.22. The Bertz CT molecular complexity index is 422. The molecule has 5 heteroatoms. The van der Waals surface area contributed by atoms with E-state index in [4.69, 9.17) is 11.0 Å². The van der Waals surface area contributed by atoms with Crippen LogP contribution in [0.4, 0.5) is 11.4 Å². The molecule has 1 aromatic carbocycles. The van der Waals surface area contributed by atoms with E-state index in [1.807, 2.05) is 6.07 Å². The van der Waals surface area contributed by atoms with Gasteiger partial charge < -0.3 is 16.4 Å². The minimum absolute atomic E-state index is 0.0246. The van der Waals surface area contributed by atoms with Crippen LogP contribution >= 0.6 is 0 Å². The van der Waals surface area contributed by atoms with Gasteiger partial charge in [-0.05, 0) is 18.2 Å². The second kappa shape index (κ2) is 5.61. The largest absolute Gasteiger partial charge is 0.398 e. The Morgan fingerprint density at radius 2 is 2.31 bits per heavy atom. The molecule has 4 N–H and O–H groups in total. The fourth-order valence-corrected chi connectivity index (χ4v) is 1.21. The van der Waals surface area contributed by atoms with Gasteiger partial charge in [0, 0.05) is 31.4 Å². The number of nitrogens with two attached hydrogens (primary N) is 1. The molecular weight excluding hydrogens is 204 g/mol. The number of hydrogen-bond donors (Lipinski definition) is 3. The molecule has 0 unspecified atom stereocenters. The highest BCUT2D eigenvalue weighted by atomic mass is 16.1. The van der Waals surface area contributed by atoms with E-state index in [1.54, 1.807) is 25.2 Å². The molecule has 84 valence electrons. The summed E-state index contributed by atoms with van der Waals surface area (Å²) in [6.45, 7) is 0.522. The molecule has 16 heavy (non-hydrogen) atoms. The molecule has 0 saturated carbocycles. The van der Waals surface area contributed by atoms with Crippen molar-refractivity contribution >= 4 is 17.3 Å². The highest BCUT2D eigenvalue weighted by Gasteiger charge is 2.01. The standard InChI is InChI=1S/C11H14N4O/c1-14-11(16)4-5-15-9-2-3-10(13)8(6-9)7-12/h2-3,6,15H,4-5,13H2,1H3,(H,14,16). The van der Waals surface area contributed by atoms with Crippen LogP contribution in [-0.2, 0) is 4.79 Å². The van der Waals surface area contributed by atoms with Crippen molar-refractivity contribution in [1.82, 2.24) is 5.32 Å². The number of anilines is 2. The van der Waals surface area contributed by atoms with E-state index in [0.29, 0.717) is 24.2 Å². The molecule has 1 rings (SSSR count). The Kier molecular flexibility index (Phi) is 4.16. The molecule has 0 spiro atoms. The smallest absolute Gasteiger partial charge is 0.221 e. The van der Waals surface area contributed by atoms with Crippen LogP contribution in [0.5, 0.6) is 0 Å². The zero-order valence-corrected chi connectivity index (χ0v) is 9.08. The molecular formula is C11H14N4O. The van der Waals surface area contributed by atoms with Crippen LogP contribution < -0.4 is 16.4 Å². The van der Waals surface area contributed by atoms with Crippen molar-refractivity contribution in [2.24, 2.45) is 0 Å². The molecule has 0 aliphatic rings. The maximum absolute atomic E-state index is 11.0. The Balaban J connectivity index is 2.55. The summed E-state index contributed by atoms with van der Waals surface area (Å²) in [5.41, 5.74) is 7.26. The predicted molar refractivity (Wildman–Crippen MR) is 62.7 cm³/mol. The molecule has 0 aliphatic heterocycles. The lowest BCUT2D eigenvalue weighted by molar-refractivity contribution is -0.120. The van der Waals surface area contributed by atoms with Crippen molar-refractivity contribution in [2.75, 3.05) is 24.6 Å². The van der Waals surface area contributed by atoms with Gasteiger partial charge in [0.15, 0.2) is 0 Å². The summed E-state index contributed by atoms with van der Waals surface area (Å²) >= 11 is 0. The van der Waals surface area contributed by atoms with Gasteiger partial charge in [-0.3, -0.25) is 4.79 Å². The molecule has 0 aromatic heterocycles. The molecule has 1 aromatic rings. The summed E-state index contributed by atoms with van der Waals surface area (Å²) in [5.74, 6) is -0.0246. The summed E-state index contributed by atoms with van der Waals surface area (Å²) < 4.78 is 0. The molecule has 1 amide bonds. The number of nitriles is 1. The van der Waals surface area contributed by atoms with Gasteiger partial charge in [-0.2, -0.15) is 5.26 Å². The van der Waals surface area contributed by atoms with Gasteiger partial charge in [0.2, 0.25) is 5.91 Å². The number of rotatable bonds is 4. The molecule has 0 bridgehead atoms. The Morgan fingerprint density at radius 1 is 1.56 bits per heavy atom. The number of carbonyl (C=O) groups excluding carboxylic acids is 1. The monoisotopic (exact) mass is 218 g/mol. The lowest BCUT2D eigenvalue weighted by Gasteiger charge is -2.07. The Morgan fingerprint density at radius 3 is 2.94 bits per heavy atom. The highest BCUT2D eigenvalue weighted by molar-refractivity contribution is 5.76.